The molecular weight excluding hydrogens is 378 g/mol. The summed E-state index contributed by atoms with van der Waals surface area (Å²) in [6.07, 6.45) is 0. The van der Waals surface area contributed by atoms with Gasteiger partial charge in [-0.25, -0.2) is 0 Å². The van der Waals surface area contributed by atoms with Gasteiger partial charge >= 0.3 is 0 Å². The molecule has 0 spiro atoms. The normalized spacial score (nSPS) is 10.5. The summed E-state index contributed by atoms with van der Waals surface area (Å²) in [6, 6.07) is 21.3. The Morgan fingerprint density at radius 2 is 1.72 bits per heavy atom. The predicted molar refractivity (Wildman–Crippen MR) is 105 cm³/mol. The number of anilines is 1. The fourth-order valence-electron chi connectivity index (χ4n) is 2.53. The molecule has 0 amide bonds. The Balaban J connectivity index is 1.71. The average Bonchev–Trinajstić information content (AvgIpc) is 2.62. The second kappa shape index (κ2) is 8.08. The summed E-state index contributed by atoms with van der Waals surface area (Å²) in [7, 11) is 0. The fraction of sp³-hybridized carbons (Fsp3) is 0.143. The van der Waals surface area contributed by atoms with Crippen LogP contribution in [0.15, 0.2) is 71.2 Å². The Morgan fingerprint density at radius 3 is 2.48 bits per heavy atom. The van der Waals surface area contributed by atoms with Gasteiger partial charge in [0, 0.05) is 22.3 Å². The van der Waals surface area contributed by atoms with Crippen LogP contribution in [0.4, 0.5) is 5.69 Å². The van der Waals surface area contributed by atoms with Crippen molar-refractivity contribution in [2.75, 3.05) is 5.32 Å². The molecule has 3 aromatic carbocycles. The topological polar surface area (TPSA) is 41.5 Å². The van der Waals surface area contributed by atoms with Crippen LogP contribution in [0.1, 0.15) is 16.7 Å². The molecule has 0 heterocycles. The van der Waals surface area contributed by atoms with Gasteiger partial charge in [0.25, 0.3) is 0 Å². The highest BCUT2D eigenvalue weighted by Crippen LogP contribution is 2.26. The maximum absolute atomic E-state index is 9.37. The second-order valence-electron chi connectivity index (χ2n) is 5.87. The maximum atomic E-state index is 9.37. The number of hydrogen-bond donors (Lipinski definition) is 2. The zero-order valence-corrected chi connectivity index (χ0v) is 15.6. The van der Waals surface area contributed by atoms with Gasteiger partial charge in [-0.1, -0.05) is 40.2 Å². The van der Waals surface area contributed by atoms with Crippen molar-refractivity contribution in [3.05, 3.63) is 87.9 Å². The maximum Gasteiger partial charge on any atom is 0.124 e. The van der Waals surface area contributed by atoms with E-state index in [-0.39, 0.29) is 5.75 Å². The van der Waals surface area contributed by atoms with E-state index in [4.69, 9.17) is 4.74 Å². The van der Waals surface area contributed by atoms with Crippen LogP contribution in [0.3, 0.4) is 0 Å². The Hall–Kier alpha value is -2.46. The van der Waals surface area contributed by atoms with E-state index in [1.807, 2.05) is 36.4 Å². The van der Waals surface area contributed by atoms with Crippen LogP contribution in [0.5, 0.6) is 11.5 Å². The van der Waals surface area contributed by atoms with E-state index in [0.29, 0.717) is 13.2 Å². The molecule has 4 heteroatoms. The number of nitrogens with one attached hydrogen (secondary N) is 1. The van der Waals surface area contributed by atoms with Crippen molar-refractivity contribution in [1.82, 2.24) is 0 Å². The lowest BCUT2D eigenvalue weighted by molar-refractivity contribution is 0.302. The van der Waals surface area contributed by atoms with Gasteiger partial charge in [0.05, 0.1) is 0 Å². The molecule has 3 nitrogen and oxygen atoms in total. The summed E-state index contributed by atoms with van der Waals surface area (Å²) >= 11 is 3.52. The minimum Gasteiger partial charge on any atom is -0.508 e. The smallest absolute Gasteiger partial charge is 0.124 e. The summed E-state index contributed by atoms with van der Waals surface area (Å²) in [5.41, 5.74) is 4.42. The van der Waals surface area contributed by atoms with Crippen LogP contribution in [0, 0.1) is 6.92 Å². The molecule has 0 aliphatic carbocycles. The molecule has 0 unspecified atom stereocenters. The van der Waals surface area contributed by atoms with Crippen LogP contribution >= 0.6 is 15.9 Å². The number of phenols is 1. The number of ether oxygens (including phenoxy) is 1. The predicted octanol–water partition coefficient (Wildman–Crippen LogP) is 5.65. The van der Waals surface area contributed by atoms with Gasteiger partial charge in [0.2, 0.25) is 0 Å². The van der Waals surface area contributed by atoms with E-state index in [1.165, 1.54) is 11.1 Å². The molecule has 3 aromatic rings. The van der Waals surface area contributed by atoms with Gasteiger partial charge in [-0.2, -0.15) is 0 Å². The number of aryl methyl sites for hydroxylation is 1. The lowest BCUT2D eigenvalue weighted by Gasteiger charge is -2.14. The third-order valence-corrected chi connectivity index (χ3v) is 4.51. The van der Waals surface area contributed by atoms with Crippen LogP contribution < -0.4 is 10.1 Å². The number of rotatable bonds is 6. The Bertz CT molecular complexity index is 847. The number of hydrogen-bond acceptors (Lipinski definition) is 3. The Labute approximate surface area is 156 Å². The first-order chi connectivity index (χ1) is 12.1. The highest BCUT2D eigenvalue weighted by atomic mass is 79.9. The first-order valence-electron chi connectivity index (χ1n) is 8.10. The zero-order valence-electron chi connectivity index (χ0n) is 14.0. The van der Waals surface area contributed by atoms with Gasteiger partial charge in [0.1, 0.15) is 18.1 Å². The number of benzene rings is 3. The molecule has 0 bridgehead atoms. The first kappa shape index (κ1) is 17.4. The average molecular weight is 398 g/mol. The highest BCUT2D eigenvalue weighted by molar-refractivity contribution is 9.10. The largest absolute Gasteiger partial charge is 0.508 e. The lowest BCUT2D eigenvalue weighted by atomic mass is 10.1. The highest BCUT2D eigenvalue weighted by Gasteiger charge is 2.07. The van der Waals surface area contributed by atoms with E-state index < -0.39 is 0 Å². The molecule has 0 radical (unpaired) electrons. The van der Waals surface area contributed by atoms with Crippen molar-refractivity contribution < 1.29 is 9.84 Å². The SMILES string of the molecule is Cc1ccccc1COc1ccc(Br)cc1CNc1ccc(O)cc1. The molecule has 128 valence electrons. The summed E-state index contributed by atoms with van der Waals surface area (Å²) in [4.78, 5) is 0. The lowest BCUT2D eigenvalue weighted by Crippen LogP contribution is -2.04. The van der Waals surface area contributed by atoms with Crippen LogP contribution in [0.25, 0.3) is 0 Å². The molecular formula is C21H20BrNO2. The molecule has 2 N–H and O–H groups in total. The summed E-state index contributed by atoms with van der Waals surface area (Å²) < 4.78 is 7.08. The van der Waals surface area contributed by atoms with Crippen LogP contribution in [-0.4, -0.2) is 5.11 Å². The van der Waals surface area contributed by atoms with Crippen molar-refractivity contribution in [3.8, 4) is 11.5 Å². The third kappa shape index (κ3) is 4.77. The van der Waals surface area contributed by atoms with Crippen LogP contribution in [-0.2, 0) is 13.2 Å². The molecule has 0 fully saturated rings. The van der Waals surface area contributed by atoms with E-state index in [0.717, 1.165) is 21.5 Å². The standard InChI is InChI=1S/C21H20BrNO2/c1-15-4-2-3-5-16(15)14-25-21-11-6-18(22)12-17(21)13-23-19-7-9-20(24)10-8-19/h2-12,23-24H,13-14H2,1H3. The van der Waals surface area contributed by atoms with E-state index >= 15 is 0 Å². The van der Waals surface area contributed by atoms with E-state index in [1.54, 1.807) is 12.1 Å². The number of phenolic OH excluding ortho intramolecular Hbond substituents is 1. The van der Waals surface area contributed by atoms with Gasteiger partial charge < -0.3 is 15.2 Å². The van der Waals surface area contributed by atoms with Gasteiger partial charge in [-0.15, -0.1) is 0 Å². The van der Waals surface area contributed by atoms with Gasteiger partial charge in [-0.3, -0.25) is 0 Å². The third-order valence-electron chi connectivity index (χ3n) is 4.02. The minimum atomic E-state index is 0.259. The molecule has 25 heavy (non-hydrogen) atoms. The monoisotopic (exact) mass is 397 g/mol. The van der Waals surface area contributed by atoms with Crippen molar-refractivity contribution in [2.24, 2.45) is 0 Å². The molecule has 3 rings (SSSR count). The zero-order chi connectivity index (χ0) is 17.6. The van der Waals surface area contributed by atoms with Crippen molar-refractivity contribution >= 4 is 21.6 Å². The Morgan fingerprint density at radius 1 is 0.960 bits per heavy atom. The number of aromatic hydroxyl groups is 1. The van der Waals surface area contributed by atoms with Gasteiger partial charge in [-0.05, 0) is 60.5 Å². The van der Waals surface area contributed by atoms with E-state index in [2.05, 4.69) is 46.4 Å². The van der Waals surface area contributed by atoms with Crippen molar-refractivity contribution in [1.29, 1.82) is 0 Å². The molecule has 0 aliphatic rings. The summed E-state index contributed by atoms with van der Waals surface area (Å²) in [5, 5.41) is 12.7. The summed E-state index contributed by atoms with van der Waals surface area (Å²) in [6.45, 7) is 3.27. The van der Waals surface area contributed by atoms with Crippen molar-refractivity contribution in [2.45, 2.75) is 20.1 Å². The van der Waals surface area contributed by atoms with Crippen LogP contribution in [0.2, 0.25) is 0 Å². The quantitative estimate of drug-likeness (QED) is 0.527. The fourth-order valence-corrected chi connectivity index (χ4v) is 2.94. The van der Waals surface area contributed by atoms with E-state index in [9.17, 15) is 5.11 Å². The first-order valence-corrected chi connectivity index (χ1v) is 8.90. The molecule has 0 saturated carbocycles. The molecule has 0 saturated heterocycles. The summed E-state index contributed by atoms with van der Waals surface area (Å²) in [5.74, 6) is 1.12. The second-order valence-corrected chi connectivity index (χ2v) is 6.78. The van der Waals surface area contributed by atoms with Gasteiger partial charge in [0.15, 0.2) is 0 Å². The minimum absolute atomic E-state index is 0.259. The molecule has 0 aliphatic heterocycles. The number of halogens is 1. The molecule has 0 atom stereocenters. The Kier molecular flexibility index (Phi) is 5.61. The molecule has 0 aromatic heterocycles. The van der Waals surface area contributed by atoms with Crippen molar-refractivity contribution in [3.63, 3.8) is 0 Å².